The van der Waals surface area contributed by atoms with Gasteiger partial charge in [-0.3, -0.25) is 0 Å². The molecule has 0 aliphatic carbocycles. The number of nitrogens with zero attached hydrogens (tertiary/aromatic N) is 4. The molecule has 0 radical (unpaired) electrons. The van der Waals surface area contributed by atoms with Crippen molar-refractivity contribution in [2.75, 3.05) is 6.54 Å². The largest absolute Gasteiger partial charge is 0.336 e. The molecule has 5 heteroatoms. The van der Waals surface area contributed by atoms with E-state index in [9.17, 15) is 0 Å². The Kier molecular flexibility index (Phi) is 3.75. The average Bonchev–Trinajstić information content (AvgIpc) is 3.04. The smallest absolute Gasteiger partial charge is 0.111 e. The Morgan fingerprint density at radius 2 is 2.05 bits per heavy atom. The van der Waals surface area contributed by atoms with Gasteiger partial charge in [-0.15, -0.1) is 0 Å². The van der Waals surface area contributed by atoms with Gasteiger partial charge in [0.1, 0.15) is 5.82 Å². The maximum absolute atomic E-state index is 4.77. The topological polar surface area (TPSA) is 47.7 Å². The zero-order valence-corrected chi connectivity index (χ0v) is 12.7. The van der Waals surface area contributed by atoms with E-state index in [1.54, 1.807) is 0 Å². The number of benzene rings is 1. The van der Waals surface area contributed by atoms with Gasteiger partial charge in [0.15, 0.2) is 0 Å². The fourth-order valence-corrected chi connectivity index (χ4v) is 2.79. The Morgan fingerprint density at radius 3 is 2.71 bits per heavy atom. The molecule has 3 aromatic rings. The molecule has 0 spiro atoms. The van der Waals surface area contributed by atoms with Crippen LogP contribution in [0.5, 0.6) is 0 Å². The van der Waals surface area contributed by atoms with Crippen LogP contribution in [0.1, 0.15) is 24.5 Å². The SMILES string of the molecule is CCNC(Cc1nc2ccccc2n1C)c1cncn1C. The van der Waals surface area contributed by atoms with E-state index in [1.807, 2.05) is 25.6 Å². The third-order valence-corrected chi connectivity index (χ3v) is 3.93. The van der Waals surface area contributed by atoms with Crippen molar-refractivity contribution < 1.29 is 0 Å². The Balaban J connectivity index is 1.94. The second-order valence-corrected chi connectivity index (χ2v) is 5.32. The van der Waals surface area contributed by atoms with Gasteiger partial charge in [0.2, 0.25) is 0 Å². The van der Waals surface area contributed by atoms with Gasteiger partial charge in [-0.1, -0.05) is 19.1 Å². The van der Waals surface area contributed by atoms with Crippen LogP contribution in [0.15, 0.2) is 36.8 Å². The van der Waals surface area contributed by atoms with Crippen molar-refractivity contribution in [3.63, 3.8) is 0 Å². The Labute approximate surface area is 124 Å². The van der Waals surface area contributed by atoms with Crippen molar-refractivity contribution in [1.29, 1.82) is 0 Å². The minimum atomic E-state index is 0.220. The zero-order valence-electron chi connectivity index (χ0n) is 12.7. The third kappa shape index (κ3) is 2.56. The summed E-state index contributed by atoms with van der Waals surface area (Å²) in [4.78, 5) is 8.99. The molecule has 1 aromatic carbocycles. The number of nitrogens with one attached hydrogen (secondary N) is 1. The van der Waals surface area contributed by atoms with Crippen molar-refractivity contribution >= 4 is 11.0 Å². The van der Waals surface area contributed by atoms with E-state index in [4.69, 9.17) is 4.98 Å². The summed E-state index contributed by atoms with van der Waals surface area (Å²) < 4.78 is 4.24. The quantitative estimate of drug-likeness (QED) is 0.781. The van der Waals surface area contributed by atoms with Gasteiger partial charge in [-0.25, -0.2) is 9.97 Å². The highest BCUT2D eigenvalue weighted by molar-refractivity contribution is 5.75. The number of imidazole rings is 2. The normalized spacial score (nSPS) is 12.9. The predicted molar refractivity (Wildman–Crippen MR) is 84.0 cm³/mol. The van der Waals surface area contributed by atoms with Gasteiger partial charge in [0, 0.05) is 26.7 Å². The Bertz CT molecular complexity index is 740. The van der Waals surface area contributed by atoms with E-state index in [-0.39, 0.29) is 6.04 Å². The number of hydrogen-bond donors (Lipinski definition) is 1. The molecule has 3 rings (SSSR count). The van der Waals surface area contributed by atoms with E-state index < -0.39 is 0 Å². The van der Waals surface area contributed by atoms with Crippen molar-refractivity contribution in [1.82, 2.24) is 24.4 Å². The molecule has 0 aliphatic heterocycles. The molecule has 0 bridgehead atoms. The molecule has 1 N–H and O–H groups in total. The highest BCUT2D eigenvalue weighted by Crippen LogP contribution is 2.20. The maximum Gasteiger partial charge on any atom is 0.111 e. The van der Waals surface area contributed by atoms with Crippen LogP contribution in [-0.4, -0.2) is 25.6 Å². The van der Waals surface area contributed by atoms with Gasteiger partial charge >= 0.3 is 0 Å². The van der Waals surface area contributed by atoms with Gasteiger partial charge in [0.25, 0.3) is 0 Å². The first-order chi connectivity index (χ1) is 10.2. The van der Waals surface area contributed by atoms with E-state index in [0.29, 0.717) is 0 Å². The van der Waals surface area contributed by atoms with Crippen LogP contribution >= 0.6 is 0 Å². The number of para-hydroxylation sites is 2. The molecular formula is C16H21N5. The summed E-state index contributed by atoms with van der Waals surface area (Å²) in [5.41, 5.74) is 3.41. The molecular weight excluding hydrogens is 262 g/mol. The molecule has 0 aliphatic rings. The summed E-state index contributed by atoms with van der Waals surface area (Å²) in [5.74, 6) is 1.09. The molecule has 0 saturated heterocycles. The van der Waals surface area contributed by atoms with E-state index in [0.717, 1.165) is 24.3 Å². The summed E-state index contributed by atoms with van der Waals surface area (Å²) in [6.45, 7) is 3.04. The monoisotopic (exact) mass is 283 g/mol. The van der Waals surface area contributed by atoms with Gasteiger partial charge in [0.05, 0.1) is 29.1 Å². The first-order valence-electron chi connectivity index (χ1n) is 7.30. The summed E-state index contributed by atoms with van der Waals surface area (Å²) in [6.07, 6.45) is 4.61. The summed E-state index contributed by atoms with van der Waals surface area (Å²) in [7, 11) is 4.11. The molecule has 2 aromatic heterocycles. The Morgan fingerprint density at radius 1 is 1.24 bits per heavy atom. The lowest BCUT2D eigenvalue weighted by Gasteiger charge is -2.18. The standard InChI is InChI=1S/C16H21N5/c1-4-18-13(15-10-17-11-20(15)2)9-16-19-12-7-5-6-8-14(12)21(16)3/h5-8,10-11,13,18H,4,9H2,1-3H3. The van der Waals surface area contributed by atoms with Crippen molar-refractivity contribution in [3.8, 4) is 0 Å². The van der Waals surface area contributed by atoms with Crippen LogP contribution in [0.2, 0.25) is 0 Å². The fourth-order valence-electron chi connectivity index (χ4n) is 2.79. The third-order valence-electron chi connectivity index (χ3n) is 3.93. The number of likely N-dealkylation sites (N-methyl/N-ethyl adjacent to an activating group) is 1. The van der Waals surface area contributed by atoms with Crippen LogP contribution in [-0.2, 0) is 20.5 Å². The zero-order chi connectivity index (χ0) is 14.8. The van der Waals surface area contributed by atoms with Crippen molar-refractivity contribution in [3.05, 3.63) is 48.3 Å². The van der Waals surface area contributed by atoms with Crippen LogP contribution in [0.4, 0.5) is 0 Å². The highest BCUT2D eigenvalue weighted by Gasteiger charge is 2.18. The van der Waals surface area contributed by atoms with E-state index in [1.165, 1.54) is 11.2 Å². The second-order valence-electron chi connectivity index (χ2n) is 5.32. The predicted octanol–water partition coefficient (Wildman–Crippen LogP) is 2.20. The van der Waals surface area contributed by atoms with E-state index in [2.05, 4.69) is 51.6 Å². The second kappa shape index (κ2) is 5.69. The number of hydrogen-bond acceptors (Lipinski definition) is 3. The van der Waals surface area contributed by atoms with Crippen molar-refractivity contribution in [2.45, 2.75) is 19.4 Å². The Hall–Kier alpha value is -2.14. The maximum atomic E-state index is 4.77. The number of fused-ring (bicyclic) bond motifs is 1. The molecule has 5 nitrogen and oxygen atoms in total. The highest BCUT2D eigenvalue weighted by atomic mass is 15.1. The molecule has 1 unspecified atom stereocenters. The van der Waals surface area contributed by atoms with Crippen molar-refractivity contribution in [2.24, 2.45) is 14.1 Å². The van der Waals surface area contributed by atoms with Gasteiger partial charge in [-0.2, -0.15) is 0 Å². The van der Waals surface area contributed by atoms with Gasteiger partial charge < -0.3 is 14.5 Å². The first-order valence-corrected chi connectivity index (χ1v) is 7.30. The van der Waals surface area contributed by atoms with Gasteiger partial charge in [-0.05, 0) is 18.7 Å². The fraction of sp³-hybridized carbons (Fsp3) is 0.375. The molecule has 0 amide bonds. The lowest BCUT2D eigenvalue weighted by atomic mass is 10.1. The minimum absolute atomic E-state index is 0.220. The number of rotatable bonds is 5. The van der Waals surface area contributed by atoms with Crippen LogP contribution in [0, 0.1) is 0 Å². The first kappa shape index (κ1) is 13.8. The number of aryl methyl sites for hydroxylation is 2. The van der Waals surface area contributed by atoms with E-state index >= 15 is 0 Å². The summed E-state index contributed by atoms with van der Waals surface area (Å²) in [6, 6.07) is 8.47. The molecule has 0 saturated carbocycles. The van der Waals surface area contributed by atoms with Crippen LogP contribution < -0.4 is 5.32 Å². The average molecular weight is 283 g/mol. The van der Waals surface area contributed by atoms with Crippen LogP contribution in [0.25, 0.3) is 11.0 Å². The molecule has 21 heavy (non-hydrogen) atoms. The molecule has 0 fully saturated rings. The molecule has 110 valence electrons. The minimum Gasteiger partial charge on any atom is -0.336 e. The molecule has 2 heterocycles. The lowest BCUT2D eigenvalue weighted by molar-refractivity contribution is 0.504. The summed E-state index contributed by atoms with van der Waals surface area (Å²) in [5, 5.41) is 3.53. The number of aromatic nitrogens is 4. The van der Waals surface area contributed by atoms with Crippen LogP contribution in [0.3, 0.4) is 0 Å². The molecule has 1 atom stereocenters. The lowest BCUT2D eigenvalue weighted by Crippen LogP contribution is -2.25. The summed E-state index contributed by atoms with van der Waals surface area (Å²) >= 11 is 0.